The molecule has 0 amide bonds. The Morgan fingerprint density at radius 3 is 2.40 bits per heavy atom. The molecule has 0 spiro atoms. The minimum Gasteiger partial charge on any atom is -0.472 e. The van der Waals surface area contributed by atoms with Crippen LogP contribution in [0.2, 0.25) is 0 Å². The van der Waals surface area contributed by atoms with Gasteiger partial charge in [-0.2, -0.15) is 0 Å². The molecule has 1 N–H and O–H groups in total. The summed E-state index contributed by atoms with van der Waals surface area (Å²) in [6, 6.07) is 8.62. The van der Waals surface area contributed by atoms with Crippen molar-refractivity contribution >= 4 is 10.0 Å². The summed E-state index contributed by atoms with van der Waals surface area (Å²) in [5.41, 5.74) is 2.09. The maximum absolute atomic E-state index is 12.2. The molecular weight excluding hydrogens is 274 g/mol. The first-order valence-electron chi connectivity index (χ1n) is 6.63. The van der Waals surface area contributed by atoms with Gasteiger partial charge >= 0.3 is 0 Å². The van der Waals surface area contributed by atoms with Crippen LogP contribution in [-0.2, 0) is 22.9 Å². The van der Waals surface area contributed by atoms with E-state index in [0.717, 1.165) is 17.5 Å². The van der Waals surface area contributed by atoms with Gasteiger partial charge in [0.15, 0.2) is 0 Å². The molecule has 1 atom stereocenters. The molecule has 5 heteroatoms. The standard InChI is InChI=1S/C15H19NO3S/c1-3-13-4-6-15(7-5-13)20(17,18)16-12(2)10-14-8-9-19-11-14/h4-9,11-12,16H,3,10H2,1-2H3. The number of hydrogen-bond acceptors (Lipinski definition) is 3. The van der Waals surface area contributed by atoms with E-state index in [1.165, 1.54) is 0 Å². The lowest BCUT2D eigenvalue weighted by Gasteiger charge is -2.13. The Balaban J connectivity index is 2.05. The van der Waals surface area contributed by atoms with Crippen LogP contribution in [0.5, 0.6) is 0 Å². The molecule has 0 aliphatic rings. The fraction of sp³-hybridized carbons (Fsp3) is 0.333. The third-order valence-corrected chi connectivity index (χ3v) is 4.73. The number of furan rings is 1. The van der Waals surface area contributed by atoms with Crippen LogP contribution < -0.4 is 4.72 Å². The van der Waals surface area contributed by atoms with Gasteiger partial charge in [0.05, 0.1) is 17.4 Å². The van der Waals surface area contributed by atoms with E-state index in [9.17, 15) is 8.42 Å². The molecule has 1 aromatic heterocycles. The second-order valence-corrected chi connectivity index (χ2v) is 6.57. The van der Waals surface area contributed by atoms with Crippen molar-refractivity contribution < 1.29 is 12.8 Å². The average molecular weight is 293 g/mol. The molecule has 1 aromatic carbocycles. The number of hydrogen-bond donors (Lipinski definition) is 1. The third-order valence-electron chi connectivity index (χ3n) is 3.12. The van der Waals surface area contributed by atoms with E-state index < -0.39 is 10.0 Å². The summed E-state index contributed by atoms with van der Waals surface area (Å²) >= 11 is 0. The Labute approximate surface area is 119 Å². The van der Waals surface area contributed by atoms with Crippen LogP contribution in [0.3, 0.4) is 0 Å². The monoisotopic (exact) mass is 293 g/mol. The molecule has 2 aromatic rings. The van der Waals surface area contributed by atoms with Gasteiger partial charge in [0.1, 0.15) is 0 Å². The van der Waals surface area contributed by atoms with E-state index in [0.29, 0.717) is 11.3 Å². The number of nitrogens with one attached hydrogen (secondary N) is 1. The van der Waals surface area contributed by atoms with Crippen molar-refractivity contribution in [1.29, 1.82) is 0 Å². The minimum atomic E-state index is -3.47. The van der Waals surface area contributed by atoms with E-state index >= 15 is 0 Å². The minimum absolute atomic E-state index is 0.191. The first kappa shape index (κ1) is 14.8. The molecule has 0 aliphatic heterocycles. The number of rotatable bonds is 6. The second-order valence-electron chi connectivity index (χ2n) is 4.86. The van der Waals surface area contributed by atoms with Crippen LogP contribution in [-0.4, -0.2) is 14.5 Å². The molecule has 2 rings (SSSR count). The van der Waals surface area contributed by atoms with Crippen LogP contribution in [0.4, 0.5) is 0 Å². The summed E-state index contributed by atoms with van der Waals surface area (Å²) in [6.45, 7) is 3.87. The maximum atomic E-state index is 12.2. The zero-order chi connectivity index (χ0) is 14.6. The van der Waals surface area contributed by atoms with E-state index in [1.54, 1.807) is 24.7 Å². The summed E-state index contributed by atoms with van der Waals surface area (Å²) < 4.78 is 32.1. The zero-order valence-electron chi connectivity index (χ0n) is 11.7. The molecule has 0 aliphatic carbocycles. The lowest BCUT2D eigenvalue weighted by atomic mass is 10.1. The number of aryl methyl sites for hydroxylation is 1. The Morgan fingerprint density at radius 1 is 1.15 bits per heavy atom. The summed E-state index contributed by atoms with van der Waals surface area (Å²) in [4.78, 5) is 0.300. The van der Waals surface area contributed by atoms with Crippen molar-refractivity contribution in [2.75, 3.05) is 0 Å². The summed E-state index contributed by atoms with van der Waals surface area (Å²) in [7, 11) is -3.47. The van der Waals surface area contributed by atoms with E-state index in [4.69, 9.17) is 4.42 Å². The van der Waals surface area contributed by atoms with Crippen LogP contribution in [0.1, 0.15) is 25.0 Å². The first-order valence-corrected chi connectivity index (χ1v) is 8.12. The van der Waals surface area contributed by atoms with Crippen LogP contribution in [0.25, 0.3) is 0 Å². The molecule has 4 nitrogen and oxygen atoms in total. The smallest absolute Gasteiger partial charge is 0.240 e. The molecule has 0 fully saturated rings. The zero-order valence-corrected chi connectivity index (χ0v) is 12.5. The van der Waals surface area contributed by atoms with Gasteiger partial charge in [-0.3, -0.25) is 0 Å². The molecular formula is C15H19NO3S. The highest BCUT2D eigenvalue weighted by Gasteiger charge is 2.17. The lowest BCUT2D eigenvalue weighted by molar-refractivity contribution is 0.549. The maximum Gasteiger partial charge on any atom is 0.240 e. The van der Waals surface area contributed by atoms with E-state index in [-0.39, 0.29) is 6.04 Å². The van der Waals surface area contributed by atoms with Crippen molar-refractivity contribution in [3.8, 4) is 0 Å². The SMILES string of the molecule is CCc1ccc(S(=O)(=O)NC(C)Cc2ccoc2)cc1. The summed E-state index contributed by atoms with van der Waals surface area (Å²) in [6.07, 6.45) is 4.70. The Kier molecular flexibility index (Phi) is 4.62. The van der Waals surface area contributed by atoms with Crippen LogP contribution in [0.15, 0.2) is 52.2 Å². The highest BCUT2D eigenvalue weighted by Crippen LogP contribution is 2.12. The molecule has 0 bridgehead atoms. The van der Waals surface area contributed by atoms with E-state index in [2.05, 4.69) is 4.72 Å². The fourth-order valence-electron chi connectivity index (χ4n) is 2.04. The third kappa shape index (κ3) is 3.71. The second kappa shape index (κ2) is 6.24. The average Bonchev–Trinajstić information content (AvgIpc) is 2.91. The molecule has 0 radical (unpaired) electrons. The topological polar surface area (TPSA) is 59.3 Å². The largest absolute Gasteiger partial charge is 0.472 e. The van der Waals surface area contributed by atoms with Crippen molar-refractivity contribution in [2.45, 2.75) is 37.6 Å². The predicted molar refractivity (Wildman–Crippen MR) is 78.0 cm³/mol. The molecule has 1 unspecified atom stereocenters. The molecule has 1 heterocycles. The van der Waals surface area contributed by atoms with E-state index in [1.807, 2.05) is 32.0 Å². The Hall–Kier alpha value is -1.59. The van der Waals surface area contributed by atoms with Gasteiger partial charge in [-0.1, -0.05) is 19.1 Å². The van der Waals surface area contributed by atoms with Gasteiger partial charge in [0.25, 0.3) is 0 Å². The normalized spacial score (nSPS) is 13.3. The highest BCUT2D eigenvalue weighted by atomic mass is 32.2. The number of sulfonamides is 1. The van der Waals surface area contributed by atoms with Gasteiger partial charge < -0.3 is 4.42 Å². The molecule has 0 saturated carbocycles. The quantitative estimate of drug-likeness (QED) is 0.891. The van der Waals surface area contributed by atoms with Gasteiger partial charge in [0.2, 0.25) is 10.0 Å². The first-order chi connectivity index (χ1) is 9.51. The van der Waals surface area contributed by atoms with Crippen molar-refractivity contribution in [2.24, 2.45) is 0 Å². The van der Waals surface area contributed by atoms with Crippen LogP contribution in [0, 0.1) is 0 Å². The van der Waals surface area contributed by atoms with Gasteiger partial charge in [-0.05, 0) is 49.1 Å². The van der Waals surface area contributed by atoms with Crippen molar-refractivity contribution in [3.63, 3.8) is 0 Å². The highest BCUT2D eigenvalue weighted by molar-refractivity contribution is 7.89. The van der Waals surface area contributed by atoms with Crippen LogP contribution >= 0.6 is 0 Å². The fourth-order valence-corrected chi connectivity index (χ4v) is 3.28. The molecule has 20 heavy (non-hydrogen) atoms. The summed E-state index contributed by atoms with van der Waals surface area (Å²) in [5.74, 6) is 0. The Morgan fingerprint density at radius 2 is 1.85 bits per heavy atom. The van der Waals surface area contributed by atoms with Crippen molar-refractivity contribution in [1.82, 2.24) is 4.72 Å². The van der Waals surface area contributed by atoms with Crippen molar-refractivity contribution in [3.05, 3.63) is 54.0 Å². The van der Waals surface area contributed by atoms with Gasteiger partial charge in [-0.25, -0.2) is 13.1 Å². The molecule has 0 saturated heterocycles. The van der Waals surface area contributed by atoms with Gasteiger partial charge in [-0.15, -0.1) is 0 Å². The number of benzene rings is 1. The predicted octanol–water partition coefficient (Wildman–Crippen LogP) is 2.75. The Bertz CT molecular complexity index is 630. The lowest BCUT2D eigenvalue weighted by Crippen LogP contribution is -2.34. The molecule has 108 valence electrons. The summed E-state index contributed by atoms with van der Waals surface area (Å²) in [5, 5.41) is 0. The van der Waals surface area contributed by atoms with Gasteiger partial charge in [0, 0.05) is 6.04 Å².